The molecule has 0 saturated carbocycles. The van der Waals surface area contributed by atoms with Gasteiger partial charge in [0.2, 0.25) is 0 Å². The smallest absolute Gasteiger partial charge is 0.122 e. The van der Waals surface area contributed by atoms with Crippen molar-refractivity contribution in [3.63, 3.8) is 0 Å². The molecule has 0 aromatic heterocycles. The predicted molar refractivity (Wildman–Crippen MR) is 86.3 cm³/mol. The van der Waals surface area contributed by atoms with Gasteiger partial charge in [0.1, 0.15) is 5.75 Å². The second-order valence-corrected chi connectivity index (χ2v) is 6.60. The van der Waals surface area contributed by atoms with Gasteiger partial charge in [-0.2, -0.15) is 11.8 Å². The van der Waals surface area contributed by atoms with E-state index in [-0.39, 0.29) is 6.04 Å². The first-order chi connectivity index (χ1) is 9.58. The molecule has 0 bridgehead atoms. The zero-order chi connectivity index (χ0) is 14.7. The fourth-order valence-corrected chi connectivity index (χ4v) is 4.10. The number of benzene rings is 1. The van der Waals surface area contributed by atoms with Crippen LogP contribution >= 0.6 is 11.8 Å². The van der Waals surface area contributed by atoms with E-state index in [1.54, 1.807) is 7.11 Å². The van der Waals surface area contributed by atoms with E-state index in [0.29, 0.717) is 6.04 Å². The maximum atomic E-state index is 5.87. The Kier molecular flexibility index (Phi) is 5.32. The van der Waals surface area contributed by atoms with Crippen molar-refractivity contribution in [2.24, 2.45) is 5.84 Å². The van der Waals surface area contributed by atoms with Crippen LogP contribution in [0.4, 0.5) is 0 Å². The van der Waals surface area contributed by atoms with Crippen molar-refractivity contribution in [3.05, 3.63) is 28.8 Å². The summed E-state index contributed by atoms with van der Waals surface area (Å²) in [6.45, 7) is 5.31. The van der Waals surface area contributed by atoms with Crippen LogP contribution in [0.25, 0.3) is 0 Å². The summed E-state index contributed by atoms with van der Waals surface area (Å²) in [4.78, 5) is 2.40. The molecule has 1 saturated heterocycles. The molecule has 0 amide bonds. The minimum absolute atomic E-state index is 0.150. The van der Waals surface area contributed by atoms with Gasteiger partial charge in [-0.15, -0.1) is 0 Å². The number of hydrazine groups is 1. The second-order valence-electron chi connectivity index (χ2n) is 5.45. The molecule has 1 fully saturated rings. The highest BCUT2D eigenvalue weighted by atomic mass is 32.2. The van der Waals surface area contributed by atoms with Crippen molar-refractivity contribution >= 4 is 11.8 Å². The van der Waals surface area contributed by atoms with E-state index in [1.165, 1.54) is 16.9 Å². The lowest BCUT2D eigenvalue weighted by Crippen LogP contribution is -2.49. The minimum atomic E-state index is 0.150. The molecule has 1 aromatic rings. The van der Waals surface area contributed by atoms with Gasteiger partial charge < -0.3 is 4.74 Å². The van der Waals surface area contributed by atoms with Gasteiger partial charge in [0.15, 0.2) is 0 Å². The topological polar surface area (TPSA) is 50.5 Å². The molecule has 1 aromatic carbocycles. The summed E-state index contributed by atoms with van der Waals surface area (Å²) in [5.41, 5.74) is 6.67. The largest absolute Gasteiger partial charge is 0.496 e. The van der Waals surface area contributed by atoms with Crippen LogP contribution in [-0.2, 0) is 0 Å². The van der Waals surface area contributed by atoms with Crippen LogP contribution in [0.5, 0.6) is 5.75 Å². The lowest BCUT2D eigenvalue weighted by molar-refractivity contribution is 0.216. The van der Waals surface area contributed by atoms with Gasteiger partial charge in [0, 0.05) is 24.1 Å². The highest BCUT2D eigenvalue weighted by molar-refractivity contribution is 7.99. The molecule has 2 atom stereocenters. The molecule has 1 heterocycles. The molecular weight excluding hydrogens is 270 g/mol. The summed E-state index contributed by atoms with van der Waals surface area (Å²) in [5.74, 6) is 9.11. The van der Waals surface area contributed by atoms with Gasteiger partial charge in [-0.3, -0.25) is 16.2 Å². The van der Waals surface area contributed by atoms with Crippen LogP contribution in [0.1, 0.15) is 22.7 Å². The van der Waals surface area contributed by atoms with Gasteiger partial charge in [-0.1, -0.05) is 6.07 Å². The summed E-state index contributed by atoms with van der Waals surface area (Å²) in [6, 6.07) is 4.87. The first kappa shape index (κ1) is 15.6. The van der Waals surface area contributed by atoms with E-state index < -0.39 is 0 Å². The molecule has 1 aliphatic heterocycles. The number of hydrogen-bond donors (Lipinski definition) is 2. The summed E-state index contributed by atoms with van der Waals surface area (Å²) in [7, 11) is 3.89. The van der Waals surface area contributed by atoms with Crippen LogP contribution in [0.2, 0.25) is 0 Å². The Balaban J connectivity index is 2.33. The van der Waals surface area contributed by atoms with Crippen molar-refractivity contribution in [1.82, 2.24) is 10.3 Å². The minimum Gasteiger partial charge on any atom is -0.496 e. The zero-order valence-corrected chi connectivity index (χ0v) is 13.6. The highest BCUT2D eigenvalue weighted by Gasteiger charge is 2.29. The van der Waals surface area contributed by atoms with Crippen LogP contribution in [0.15, 0.2) is 12.1 Å². The Morgan fingerprint density at radius 3 is 2.75 bits per heavy atom. The number of rotatable bonds is 4. The number of nitrogens with two attached hydrogens (primary N) is 1. The SMILES string of the molecule is COc1cc(C)c(C(NN)C2CSCCN2C)cc1C. The molecule has 3 N–H and O–H groups in total. The van der Waals surface area contributed by atoms with Gasteiger partial charge in [0.05, 0.1) is 13.2 Å². The lowest BCUT2D eigenvalue weighted by atomic mass is 9.93. The van der Waals surface area contributed by atoms with Crippen molar-refractivity contribution in [2.75, 3.05) is 32.2 Å². The molecule has 0 spiro atoms. The number of methoxy groups -OCH3 is 1. The van der Waals surface area contributed by atoms with Gasteiger partial charge in [-0.25, -0.2) is 0 Å². The summed E-state index contributed by atoms with van der Waals surface area (Å²) in [5, 5.41) is 0. The van der Waals surface area contributed by atoms with E-state index in [9.17, 15) is 0 Å². The van der Waals surface area contributed by atoms with Crippen molar-refractivity contribution < 1.29 is 4.74 Å². The van der Waals surface area contributed by atoms with Crippen molar-refractivity contribution in [2.45, 2.75) is 25.9 Å². The standard InChI is InChI=1S/C15H25N3OS/c1-10-8-14(19-4)11(2)7-12(10)15(17-16)13-9-20-6-5-18(13)3/h7-8,13,15,17H,5-6,9,16H2,1-4H3. The molecular formula is C15H25N3OS. The fraction of sp³-hybridized carbons (Fsp3) is 0.600. The Labute approximate surface area is 126 Å². The first-order valence-corrected chi connectivity index (χ1v) is 8.13. The van der Waals surface area contributed by atoms with E-state index in [1.807, 2.05) is 11.8 Å². The van der Waals surface area contributed by atoms with Crippen LogP contribution in [0.3, 0.4) is 0 Å². The van der Waals surface area contributed by atoms with E-state index in [4.69, 9.17) is 10.6 Å². The molecule has 2 rings (SSSR count). The second kappa shape index (κ2) is 6.80. The number of ether oxygens (including phenoxy) is 1. The number of aryl methyl sites for hydroxylation is 2. The average Bonchev–Trinajstić information content (AvgIpc) is 2.45. The summed E-state index contributed by atoms with van der Waals surface area (Å²) >= 11 is 2.00. The third-order valence-corrected chi connectivity index (χ3v) is 5.17. The quantitative estimate of drug-likeness (QED) is 0.656. The van der Waals surface area contributed by atoms with Crippen molar-refractivity contribution in [3.8, 4) is 5.75 Å². The van der Waals surface area contributed by atoms with Crippen molar-refractivity contribution in [1.29, 1.82) is 0 Å². The van der Waals surface area contributed by atoms with Gasteiger partial charge in [-0.05, 0) is 43.7 Å². The van der Waals surface area contributed by atoms with Crippen LogP contribution in [0, 0.1) is 13.8 Å². The number of thioether (sulfide) groups is 1. The Morgan fingerprint density at radius 2 is 2.15 bits per heavy atom. The third-order valence-electron chi connectivity index (χ3n) is 4.13. The van der Waals surface area contributed by atoms with E-state index in [0.717, 1.165) is 23.6 Å². The lowest BCUT2D eigenvalue weighted by Gasteiger charge is -2.38. The normalized spacial score (nSPS) is 21.8. The van der Waals surface area contributed by atoms with E-state index >= 15 is 0 Å². The van der Waals surface area contributed by atoms with Crippen LogP contribution < -0.4 is 16.0 Å². The monoisotopic (exact) mass is 295 g/mol. The predicted octanol–water partition coefficient (Wildman–Crippen LogP) is 1.86. The summed E-state index contributed by atoms with van der Waals surface area (Å²) in [6.07, 6.45) is 0. The molecule has 4 nitrogen and oxygen atoms in total. The maximum Gasteiger partial charge on any atom is 0.122 e. The Morgan fingerprint density at radius 1 is 1.40 bits per heavy atom. The number of likely N-dealkylation sites (N-methyl/N-ethyl adjacent to an activating group) is 1. The first-order valence-electron chi connectivity index (χ1n) is 6.97. The zero-order valence-electron chi connectivity index (χ0n) is 12.8. The van der Waals surface area contributed by atoms with E-state index in [2.05, 4.69) is 43.4 Å². The maximum absolute atomic E-state index is 5.87. The average molecular weight is 295 g/mol. The fourth-order valence-electron chi connectivity index (χ4n) is 2.83. The third kappa shape index (κ3) is 3.11. The number of nitrogens with zero attached hydrogens (tertiary/aromatic N) is 1. The molecule has 0 radical (unpaired) electrons. The number of nitrogens with one attached hydrogen (secondary N) is 1. The molecule has 0 aliphatic carbocycles. The molecule has 2 unspecified atom stereocenters. The van der Waals surface area contributed by atoms with Gasteiger partial charge >= 0.3 is 0 Å². The summed E-state index contributed by atoms with van der Waals surface area (Å²) < 4.78 is 5.39. The molecule has 20 heavy (non-hydrogen) atoms. The molecule has 5 heteroatoms. The van der Waals surface area contributed by atoms with Gasteiger partial charge in [0.25, 0.3) is 0 Å². The Hall–Kier alpha value is -0.750. The molecule has 1 aliphatic rings. The molecule has 112 valence electrons. The highest BCUT2D eigenvalue weighted by Crippen LogP contribution is 2.31. The Bertz CT molecular complexity index is 467. The van der Waals surface area contributed by atoms with Crippen LogP contribution in [-0.4, -0.2) is 43.1 Å². The number of hydrogen-bond acceptors (Lipinski definition) is 5.